The summed E-state index contributed by atoms with van der Waals surface area (Å²) in [5, 5.41) is 4.48. The van der Waals surface area contributed by atoms with Crippen LogP contribution in [0.5, 0.6) is 0 Å². The van der Waals surface area contributed by atoms with Crippen molar-refractivity contribution in [2.24, 2.45) is 0 Å². The van der Waals surface area contributed by atoms with Crippen LogP contribution >= 0.6 is 11.3 Å². The molecule has 0 radical (unpaired) electrons. The summed E-state index contributed by atoms with van der Waals surface area (Å²) in [5.74, 6) is -0.456. The van der Waals surface area contributed by atoms with Gasteiger partial charge >= 0.3 is 5.63 Å². The normalized spacial score (nSPS) is 12.3. The molecule has 2 heterocycles. The lowest BCUT2D eigenvalue weighted by molar-refractivity contribution is 0.0935. The van der Waals surface area contributed by atoms with Crippen LogP contribution in [-0.2, 0) is 0 Å². The van der Waals surface area contributed by atoms with Crippen LogP contribution in [0.15, 0.2) is 39.5 Å². The third kappa shape index (κ3) is 3.03. The van der Waals surface area contributed by atoms with Crippen molar-refractivity contribution in [1.82, 2.24) is 10.3 Å². The Morgan fingerprint density at radius 1 is 1.30 bits per heavy atom. The number of thiazole rings is 1. The van der Waals surface area contributed by atoms with Gasteiger partial charge in [-0.2, -0.15) is 0 Å². The number of amides is 1. The van der Waals surface area contributed by atoms with Crippen molar-refractivity contribution < 1.29 is 9.21 Å². The van der Waals surface area contributed by atoms with Gasteiger partial charge < -0.3 is 9.73 Å². The molecule has 3 rings (SSSR count). The number of rotatable bonds is 3. The van der Waals surface area contributed by atoms with Gasteiger partial charge in [-0.25, -0.2) is 9.78 Å². The van der Waals surface area contributed by atoms with Crippen LogP contribution in [0.2, 0.25) is 0 Å². The van der Waals surface area contributed by atoms with Crippen molar-refractivity contribution in [3.05, 3.63) is 61.9 Å². The summed E-state index contributed by atoms with van der Waals surface area (Å²) >= 11 is 1.58. The third-order valence-electron chi connectivity index (χ3n) is 3.58. The average molecular weight is 328 g/mol. The van der Waals surface area contributed by atoms with E-state index in [2.05, 4.69) is 10.3 Å². The first-order chi connectivity index (χ1) is 11.0. The number of hydrogen-bond donors (Lipinski definition) is 1. The molecule has 6 heteroatoms. The van der Waals surface area contributed by atoms with Gasteiger partial charge in [-0.05, 0) is 32.9 Å². The fourth-order valence-corrected chi connectivity index (χ4v) is 3.42. The first-order valence-corrected chi connectivity index (χ1v) is 8.05. The number of aryl methyl sites for hydroxylation is 2. The Labute approximate surface area is 137 Å². The molecule has 118 valence electrons. The minimum absolute atomic E-state index is 0.000143. The molecule has 0 aliphatic heterocycles. The van der Waals surface area contributed by atoms with Gasteiger partial charge in [0, 0.05) is 10.3 Å². The predicted octanol–water partition coefficient (Wildman–Crippen LogP) is 3.36. The summed E-state index contributed by atoms with van der Waals surface area (Å²) in [5.41, 5.74) is 0.652. The highest BCUT2D eigenvalue weighted by molar-refractivity contribution is 7.11. The second kappa shape index (κ2) is 5.96. The maximum absolute atomic E-state index is 12.4. The fourth-order valence-electron chi connectivity index (χ4n) is 2.51. The maximum Gasteiger partial charge on any atom is 0.349 e. The zero-order chi connectivity index (χ0) is 16.6. The molecule has 1 N–H and O–H groups in total. The Balaban J connectivity index is 1.90. The van der Waals surface area contributed by atoms with Crippen LogP contribution < -0.4 is 10.9 Å². The van der Waals surface area contributed by atoms with Crippen molar-refractivity contribution >= 4 is 28.2 Å². The van der Waals surface area contributed by atoms with E-state index >= 15 is 0 Å². The van der Waals surface area contributed by atoms with Crippen molar-refractivity contribution in [2.45, 2.75) is 26.8 Å². The Hall–Kier alpha value is -2.47. The minimum atomic E-state index is -0.639. The van der Waals surface area contributed by atoms with Gasteiger partial charge in [0.1, 0.15) is 11.1 Å². The lowest BCUT2D eigenvalue weighted by atomic mass is 10.1. The summed E-state index contributed by atoms with van der Waals surface area (Å²) in [4.78, 5) is 29.9. The number of aromatic nitrogens is 1. The number of nitrogens with zero attached hydrogens (tertiary/aromatic N) is 1. The molecule has 0 saturated heterocycles. The van der Waals surface area contributed by atoms with Crippen LogP contribution in [0, 0.1) is 13.8 Å². The van der Waals surface area contributed by atoms with Gasteiger partial charge in [-0.1, -0.05) is 18.2 Å². The third-order valence-corrected chi connectivity index (χ3v) is 4.49. The van der Waals surface area contributed by atoms with Crippen molar-refractivity contribution in [3.8, 4) is 0 Å². The number of hydrogen-bond acceptors (Lipinski definition) is 5. The number of carbonyl (C=O) groups is 1. The number of carbonyl (C=O) groups excluding carboxylic acids is 1. The van der Waals surface area contributed by atoms with Gasteiger partial charge in [0.05, 0.1) is 16.7 Å². The molecular formula is C17H16N2O3S. The highest BCUT2D eigenvalue weighted by Crippen LogP contribution is 2.22. The predicted molar refractivity (Wildman–Crippen MR) is 90.0 cm³/mol. The molecule has 1 atom stereocenters. The zero-order valence-corrected chi connectivity index (χ0v) is 13.9. The summed E-state index contributed by atoms with van der Waals surface area (Å²) in [7, 11) is 0. The molecule has 0 saturated carbocycles. The van der Waals surface area contributed by atoms with Crippen molar-refractivity contribution in [2.75, 3.05) is 0 Å². The Morgan fingerprint density at radius 3 is 2.74 bits per heavy atom. The number of nitrogens with one attached hydrogen (secondary N) is 1. The van der Waals surface area contributed by atoms with E-state index in [1.54, 1.807) is 35.6 Å². The molecule has 0 fully saturated rings. The minimum Gasteiger partial charge on any atom is -0.422 e. The zero-order valence-electron chi connectivity index (χ0n) is 13.0. The highest BCUT2D eigenvalue weighted by Gasteiger charge is 2.19. The molecule has 5 nitrogen and oxygen atoms in total. The second-order valence-electron chi connectivity index (χ2n) is 5.35. The summed E-state index contributed by atoms with van der Waals surface area (Å²) < 4.78 is 5.20. The number of fused-ring (bicyclic) bond motifs is 1. The number of para-hydroxylation sites is 1. The largest absolute Gasteiger partial charge is 0.422 e. The van der Waals surface area contributed by atoms with Gasteiger partial charge in [0.15, 0.2) is 0 Å². The summed E-state index contributed by atoms with van der Waals surface area (Å²) in [6.07, 6.45) is 0. The molecule has 1 aromatic carbocycles. The lowest BCUT2D eigenvalue weighted by Gasteiger charge is -2.12. The van der Waals surface area contributed by atoms with E-state index < -0.39 is 11.5 Å². The quantitative estimate of drug-likeness (QED) is 0.748. The van der Waals surface area contributed by atoms with Gasteiger partial charge in [-0.15, -0.1) is 11.3 Å². The van der Waals surface area contributed by atoms with E-state index in [0.29, 0.717) is 11.0 Å². The second-order valence-corrected chi connectivity index (χ2v) is 6.76. The van der Waals surface area contributed by atoms with Crippen molar-refractivity contribution in [1.29, 1.82) is 0 Å². The topological polar surface area (TPSA) is 72.2 Å². The van der Waals surface area contributed by atoms with E-state index in [1.807, 2.05) is 26.8 Å². The average Bonchev–Trinajstić information content (AvgIpc) is 2.85. The lowest BCUT2D eigenvalue weighted by Crippen LogP contribution is -2.31. The molecule has 1 unspecified atom stereocenters. The molecule has 0 bridgehead atoms. The van der Waals surface area contributed by atoms with Crippen molar-refractivity contribution in [3.63, 3.8) is 0 Å². The molecule has 1 amide bonds. The van der Waals surface area contributed by atoms with Crippen LogP contribution in [0.4, 0.5) is 0 Å². The SMILES string of the molecule is Cc1nc(C(C)NC(=O)c2cc3ccccc3oc2=O)c(C)s1. The van der Waals surface area contributed by atoms with E-state index in [1.165, 1.54) is 0 Å². The fraction of sp³-hybridized carbons (Fsp3) is 0.235. The Morgan fingerprint density at radius 2 is 2.04 bits per heavy atom. The molecule has 3 aromatic rings. The van der Waals surface area contributed by atoms with E-state index in [0.717, 1.165) is 15.6 Å². The van der Waals surface area contributed by atoms with E-state index in [-0.39, 0.29) is 11.6 Å². The summed E-state index contributed by atoms with van der Waals surface area (Å²) in [6, 6.07) is 8.38. The van der Waals surface area contributed by atoms with Gasteiger partial charge in [0.25, 0.3) is 5.91 Å². The molecule has 0 aliphatic carbocycles. The summed E-state index contributed by atoms with van der Waals surface area (Å²) in [6.45, 7) is 5.74. The van der Waals surface area contributed by atoms with Gasteiger partial charge in [-0.3, -0.25) is 4.79 Å². The van der Waals surface area contributed by atoms with E-state index in [9.17, 15) is 9.59 Å². The Kier molecular flexibility index (Phi) is 4.00. The molecule has 23 heavy (non-hydrogen) atoms. The van der Waals surface area contributed by atoms with Gasteiger partial charge in [0.2, 0.25) is 0 Å². The first kappa shape index (κ1) is 15.4. The standard InChI is InChI=1S/C17H16N2O3S/c1-9(15-10(2)23-11(3)19-15)18-16(20)13-8-12-6-4-5-7-14(12)22-17(13)21/h4-9H,1-3H3,(H,18,20). The molecule has 0 spiro atoms. The van der Waals surface area contributed by atoms with Crippen LogP contribution in [-0.4, -0.2) is 10.9 Å². The smallest absolute Gasteiger partial charge is 0.349 e. The number of benzene rings is 1. The Bertz CT molecular complexity index is 942. The first-order valence-electron chi connectivity index (χ1n) is 7.23. The maximum atomic E-state index is 12.4. The molecule has 2 aromatic heterocycles. The van der Waals surface area contributed by atoms with Crippen LogP contribution in [0.3, 0.4) is 0 Å². The highest BCUT2D eigenvalue weighted by atomic mass is 32.1. The monoisotopic (exact) mass is 328 g/mol. The molecular weight excluding hydrogens is 312 g/mol. The molecule has 0 aliphatic rings. The van der Waals surface area contributed by atoms with Crippen LogP contribution in [0.1, 0.15) is 38.9 Å². The van der Waals surface area contributed by atoms with Crippen LogP contribution in [0.25, 0.3) is 11.0 Å². The van der Waals surface area contributed by atoms with E-state index in [4.69, 9.17) is 4.42 Å².